The van der Waals surface area contributed by atoms with Crippen molar-refractivity contribution in [3.05, 3.63) is 53.1 Å². The standard InChI is InChI=1S/C24H30ClN3O6S/c1-16(23(30)26-24(2,3)4)27(13-17-6-8-18(25)9-7-17)22(29)14-28(35(5,31)32)19-10-11-20-21(12-19)34-15-33-20/h6-12,16H,13-15H2,1-5H3,(H,26,30)/t16-/m0/s1. The summed E-state index contributed by atoms with van der Waals surface area (Å²) in [5, 5.41) is 3.41. The molecule has 9 nitrogen and oxygen atoms in total. The molecule has 0 radical (unpaired) electrons. The lowest BCUT2D eigenvalue weighted by Crippen LogP contribution is -2.54. The van der Waals surface area contributed by atoms with Gasteiger partial charge < -0.3 is 19.7 Å². The lowest BCUT2D eigenvalue weighted by molar-refractivity contribution is -0.140. The third-order valence-corrected chi connectivity index (χ3v) is 6.65. The third kappa shape index (κ3) is 7.02. The summed E-state index contributed by atoms with van der Waals surface area (Å²) in [6, 6.07) is 10.7. The van der Waals surface area contributed by atoms with E-state index in [4.69, 9.17) is 21.1 Å². The van der Waals surface area contributed by atoms with Gasteiger partial charge >= 0.3 is 0 Å². The molecule has 1 heterocycles. The Hall–Kier alpha value is -2.98. The molecular formula is C24H30ClN3O6S. The van der Waals surface area contributed by atoms with Crippen LogP contribution in [0.1, 0.15) is 33.3 Å². The average molecular weight is 524 g/mol. The Kier molecular flexibility index (Phi) is 7.86. The van der Waals surface area contributed by atoms with Crippen LogP contribution in [0.2, 0.25) is 5.02 Å². The van der Waals surface area contributed by atoms with Gasteiger partial charge in [0.15, 0.2) is 11.5 Å². The highest BCUT2D eigenvalue weighted by Crippen LogP contribution is 2.36. The van der Waals surface area contributed by atoms with Crippen LogP contribution in [0, 0.1) is 0 Å². The topological polar surface area (TPSA) is 105 Å². The molecule has 2 aromatic carbocycles. The van der Waals surface area contributed by atoms with E-state index in [1.807, 2.05) is 20.8 Å². The number of benzene rings is 2. The van der Waals surface area contributed by atoms with E-state index in [2.05, 4.69) is 5.32 Å². The van der Waals surface area contributed by atoms with E-state index >= 15 is 0 Å². The van der Waals surface area contributed by atoms with E-state index in [1.54, 1.807) is 43.3 Å². The first-order chi connectivity index (χ1) is 16.2. The molecule has 0 fully saturated rings. The van der Waals surface area contributed by atoms with Crippen molar-refractivity contribution >= 4 is 39.1 Å². The number of nitrogens with zero attached hydrogens (tertiary/aromatic N) is 2. The van der Waals surface area contributed by atoms with Gasteiger partial charge in [-0.25, -0.2) is 8.42 Å². The van der Waals surface area contributed by atoms with Gasteiger partial charge in [0, 0.05) is 23.2 Å². The number of carbonyl (C=O) groups excluding carboxylic acids is 2. The number of sulfonamides is 1. The molecule has 0 unspecified atom stereocenters. The van der Waals surface area contributed by atoms with Gasteiger partial charge in [0.05, 0.1) is 11.9 Å². The van der Waals surface area contributed by atoms with Gasteiger partial charge in [-0.2, -0.15) is 0 Å². The van der Waals surface area contributed by atoms with E-state index < -0.39 is 34.1 Å². The van der Waals surface area contributed by atoms with Crippen LogP contribution in [0.25, 0.3) is 0 Å². The van der Waals surface area contributed by atoms with Crippen LogP contribution < -0.4 is 19.1 Å². The minimum atomic E-state index is -3.85. The van der Waals surface area contributed by atoms with Crippen molar-refractivity contribution in [2.45, 2.75) is 45.8 Å². The Bertz CT molecular complexity index is 1190. The first kappa shape index (κ1) is 26.6. The van der Waals surface area contributed by atoms with Crippen molar-refractivity contribution in [2.24, 2.45) is 0 Å². The molecule has 1 aliphatic heterocycles. The number of ether oxygens (including phenoxy) is 2. The number of hydrogen-bond donors (Lipinski definition) is 1. The summed E-state index contributed by atoms with van der Waals surface area (Å²) in [5.41, 5.74) is 0.487. The van der Waals surface area contributed by atoms with E-state index in [-0.39, 0.29) is 24.9 Å². The van der Waals surface area contributed by atoms with Crippen molar-refractivity contribution in [2.75, 3.05) is 23.9 Å². The largest absolute Gasteiger partial charge is 0.454 e. The molecule has 0 saturated heterocycles. The Morgan fingerprint density at radius 3 is 2.31 bits per heavy atom. The molecule has 3 rings (SSSR count). The van der Waals surface area contributed by atoms with Crippen molar-refractivity contribution in [1.82, 2.24) is 10.2 Å². The molecule has 0 aliphatic carbocycles. The molecule has 1 aliphatic rings. The van der Waals surface area contributed by atoms with E-state index in [0.29, 0.717) is 16.5 Å². The van der Waals surface area contributed by atoms with E-state index in [1.165, 1.54) is 11.0 Å². The quantitative estimate of drug-likeness (QED) is 0.570. The van der Waals surface area contributed by atoms with Crippen LogP contribution in [-0.4, -0.2) is 56.3 Å². The molecule has 0 saturated carbocycles. The zero-order valence-corrected chi connectivity index (χ0v) is 21.9. The summed E-state index contributed by atoms with van der Waals surface area (Å²) in [5.74, 6) is -0.0155. The smallest absolute Gasteiger partial charge is 0.244 e. The Balaban J connectivity index is 1.91. The van der Waals surface area contributed by atoms with Crippen molar-refractivity contribution in [1.29, 1.82) is 0 Å². The number of anilines is 1. The van der Waals surface area contributed by atoms with Gasteiger partial charge in [0.1, 0.15) is 12.6 Å². The maximum atomic E-state index is 13.5. The normalized spacial score (nSPS) is 13.8. The molecule has 190 valence electrons. The van der Waals surface area contributed by atoms with Crippen LogP contribution in [0.5, 0.6) is 11.5 Å². The minimum absolute atomic E-state index is 0.0336. The van der Waals surface area contributed by atoms with Crippen LogP contribution in [0.15, 0.2) is 42.5 Å². The SMILES string of the molecule is C[C@@H](C(=O)NC(C)(C)C)N(Cc1ccc(Cl)cc1)C(=O)CN(c1ccc2c(c1)OCO2)S(C)(=O)=O. The highest BCUT2D eigenvalue weighted by molar-refractivity contribution is 7.92. The second-order valence-electron chi connectivity index (χ2n) is 9.37. The number of fused-ring (bicyclic) bond motifs is 1. The lowest BCUT2D eigenvalue weighted by Gasteiger charge is -2.33. The fraction of sp³-hybridized carbons (Fsp3) is 0.417. The summed E-state index contributed by atoms with van der Waals surface area (Å²) in [4.78, 5) is 27.8. The number of rotatable bonds is 8. The van der Waals surface area contributed by atoms with Gasteiger partial charge in [0.2, 0.25) is 28.6 Å². The molecule has 2 aromatic rings. The van der Waals surface area contributed by atoms with E-state index in [0.717, 1.165) is 16.1 Å². The summed E-state index contributed by atoms with van der Waals surface area (Å²) in [6.07, 6.45) is 1.02. The fourth-order valence-electron chi connectivity index (χ4n) is 3.50. The lowest BCUT2D eigenvalue weighted by atomic mass is 10.1. The van der Waals surface area contributed by atoms with E-state index in [9.17, 15) is 18.0 Å². The molecule has 1 atom stereocenters. The number of halogens is 1. The molecule has 0 spiro atoms. The zero-order valence-electron chi connectivity index (χ0n) is 20.4. The average Bonchev–Trinajstić information content (AvgIpc) is 3.22. The van der Waals surface area contributed by atoms with Gasteiger partial charge in [-0.1, -0.05) is 23.7 Å². The van der Waals surface area contributed by atoms with Gasteiger partial charge in [-0.05, 0) is 57.5 Å². The molecule has 0 bridgehead atoms. The van der Waals surface area contributed by atoms with Crippen LogP contribution in [0.3, 0.4) is 0 Å². The van der Waals surface area contributed by atoms with Crippen LogP contribution in [-0.2, 0) is 26.2 Å². The predicted molar refractivity (Wildman–Crippen MR) is 134 cm³/mol. The summed E-state index contributed by atoms with van der Waals surface area (Å²) >= 11 is 5.99. The first-order valence-corrected chi connectivity index (χ1v) is 13.2. The first-order valence-electron chi connectivity index (χ1n) is 11.0. The molecule has 1 N–H and O–H groups in total. The Morgan fingerprint density at radius 1 is 1.09 bits per heavy atom. The molecule has 2 amide bonds. The number of hydrogen-bond acceptors (Lipinski definition) is 6. The summed E-state index contributed by atoms with van der Waals surface area (Å²) < 4.78 is 37.0. The second-order valence-corrected chi connectivity index (χ2v) is 11.7. The zero-order chi connectivity index (χ0) is 26.0. The summed E-state index contributed by atoms with van der Waals surface area (Å²) in [6.45, 7) is 6.76. The fourth-order valence-corrected chi connectivity index (χ4v) is 4.46. The van der Waals surface area contributed by atoms with Crippen molar-refractivity contribution in [3.63, 3.8) is 0 Å². The monoisotopic (exact) mass is 523 g/mol. The molecule has 0 aromatic heterocycles. The maximum absolute atomic E-state index is 13.5. The molecule has 35 heavy (non-hydrogen) atoms. The molecular weight excluding hydrogens is 494 g/mol. The Morgan fingerprint density at radius 2 is 1.71 bits per heavy atom. The maximum Gasteiger partial charge on any atom is 0.244 e. The number of amides is 2. The Labute approximate surface area is 211 Å². The highest BCUT2D eigenvalue weighted by atomic mass is 35.5. The van der Waals surface area contributed by atoms with Gasteiger partial charge in [-0.3, -0.25) is 13.9 Å². The molecule has 11 heteroatoms. The predicted octanol–water partition coefficient (Wildman–Crippen LogP) is 3.17. The van der Waals surface area contributed by atoms with Crippen LogP contribution in [0.4, 0.5) is 5.69 Å². The van der Waals surface area contributed by atoms with Gasteiger partial charge in [-0.15, -0.1) is 0 Å². The van der Waals surface area contributed by atoms with Crippen molar-refractivity contribution < 1.29 is 27.5 Å². The number of nitrogens with one attached hydrogen (secondary N) is 1. The van der Waals surface area contributed by atoms with Crippen LogP contribution >= 0.6 is 11.6 Å². The van der Waals surface area contributed by atoms with Gasteiger partial charge in [0.25, 0.3) is 0 Å². The minimum Gasteiger partial charge on any atom is -0.454 e. The number of carbonyl (C=O) groups is 2. The highest BCUT2D eigenvalue weighted by Gasteiger charge is 2.32. The van der Waals surface area contributed by atoms with Crippen molar-refractivity contribution in [3.8, 4) is 11.5 Å². The summed E-state index contributed by atoms with van der Waals surface area (Å²) in [7, 11) is -3.85. The second kappa shape index (κ2) is 10.3. The third-order valence-electron chi connectivity index (χ3n) is 5.26.